The van der Waals surface area contributed by atoms with Gasteiger partial charge in [-0.25, -0.2) is 4.79 Å². The third-order valence-electron chi connectivity index (χ3n) is 4.01. The minimum atomic E-state index is -0.399. The Labute approximate surface area is 143 Å². The highest BCUT2D eigenvalue weighted by atomic mass is 16.5. The number of rotatable bonds is 9. The zero-order chi connectivity index (χ0) is 17.7. The van der Waals surface area contributed by atoms with Crippen LogP contribution in [0.2, 0.25) is 0 Å². The van der Waals surface area contributed by atoms with Crippen LogP contribution in [0, 0.1) is 19.8 Å². The van der Waals surface area contributed by atoms with E-state index in [1.54, 1.807) is 27.7 Å². The SMILES string of the molecule is Cc1[nH]c(C(=O)NCCCOCC2CC2)c(C)c1C(=O)OC(C)C. The van der Waals surface area contributed by atoms with Crippen molar-refractivity contribution in [1.82, 2.24) is 10.3 Å². The number of H-pyrrole nitrogens is 1. The van der Waals surface area contributed by atoms with Gasteiger partial charge in [-0.3, -0.25) is 4.79 Å². The number of aryl methyl sites for hydroxylation is 1. The first kappa shape index (κ1) is 18.5. The lowest BCUT2D eigenvalue weighted by Crippen LogP contribution is -2.26. The Morgan fingerprint density at radius 1 is 1.29 bits per heavy atom. The van der Waals surface area contributed by atoms with Gasteiger partial charge in [-0.2, -0.15) is 0 Å². The highest BCUT2D eigenvalue weighted by molar-refractivity contribution is 6.00. The minimum absolute atomic E-state index is 0.195. The third-order valence-corrected chi connectivity index (χ3v) is 4.01. The number of carbonyl (C=O) groups excluding carboxylic acids is 2. The van der Waals surface area contributed by atoms with Crippen LogP contribution in [0.3, 0.4) is 0 Å². The summed E-state index contributed by atoms with van der Waals surface area (Å²) < 4.78 is 10.8. The van der Waals surface area contributed by atoms with E-state index in [1.165, 1.54) is 12.8 Å². The summed E-state index contributed by atoms with van der Waals surface area (Å²) in [5.74, 6) is 0.151. The Hall–Kier alpha value is -1.82. The van der Waals surface area contributed by atoms with E-state index in [1.807, 2.05) is 0 Å². The van der Waals surface area contributed by atoms with E-state index in [9.17, 15) is 9.59 Å². The normalized spacial score (nSPS) is 14.0. The van der Waals surface area contributed by atoms with Crippen molar-refractivity contribution in [3.05, 3.63) is 22.5 Å². The minimum Gasteiger partial charge on any atom is -0.459 e. The molecule has 1 saturated carbocycles. The monoisotopic (exact) mass is 336 g/mol. The van der Waals surface area contributed by atoms with Crippen molar-refractivity contribution in [3.8, 4) is 0 Å². The fraction of sp³-hybridized carbons (Fsp3) is 0.667. The number of nitrogens with one attached hydrogen (secondary N) is 2. The largest absolute Gasteiger partial charge is 0.459 e. The van der Waals surface area contributed by atoms with Crippen LogP contribution < -0.4 is 5.32 Å². The molecule has 0 unspecified atom stereocenters. The molecule has 0 aliphatic heterocycles. The maximum atomic E-state index is 12.3. The molecule has 1 fully saturated rings. The molecule has 6 nitrogen and oxygen atoms in total. The molecule has 1 heterocycles. The van der Waals surface area contributed by atoms with Crippen LogP contribution in [0.15, 0.2) is 0 Å². The number of hydrogen-bond donors (Lipinski definition) is 2. The summed E-state index contributed by atoms with van der Waals surface area (Å²) in [5.41, 5.74) is 2.14. The van der Waals surface area contributed by atoms with Gasteiger partial charge in [0.05, 0.1) is 11.7 Å². The topological polar surface area (TPSA) is 80.4 Å². The molecule has 1 amide bonds. The number of amides is 1. The Morgan fingerprint density at radius 3 is 2.62 bits per heavy atom. The van der Waals surface area contributed by atoms with Gasteiger partial charge in [0.2, 0.25) is 0 Å². The summed E-state index contributed by atoms with van der Waals surface area (Å²) in [6.07, 6.45) is 3.14. The molecule has 24 heavy (non-hydrogen) atoms. The number of esters is 1. The smallest absolute Gasteiger partial charge is 0.340 e. The maximum Gasteiger partial charge on any atom is 0.340 e. The Kier molecular flexibility index (Phi) is 6.43. The van der Waals surface area contributed by atoms with Crippen LogP contribution in [0.1, 0.15) is 65.2 Å². The van der Waals surface area contributed by atoms with E-state index >= 15 is 0 Å². The fourth-order valence-electron chi connectivity index (χ4n) is 2.56. The molecule has 6 heteroatoms. The molecule has 2 rings (SSSR count). The van der Waals surface area contributed by atoms with Gasteiger partial charge in [0.25, 0.3) is 5.91 Å². The van der Waals surface area contributed by atoms with Crippen molar-refractivity contribution in [2.45, 2.75) is 53.1 Å². The van der Waals surface area contributed by atoms with Gasteiger partial charge in [0.15, 0.2) is 0 Å². The lowest BCUT2D eigenvalue weighted by Gasteiger charge is -2.08. The van der Waals surface area contributed by atoms with Gasteiger partial charge in [-0.15, -0.1) is 0 Å². The predicted molar refractivity (Wildman–Crippen MR) is 91.3 cm³/mol. The van der Waals surface area contributed by atoms with Gasteiger partial charge in [-0.1, -0.05) is 0 Å². The van der Waals surface area contributed by atoms with Crippen LogP contribution in [-0.4, -0.2) is 42.7 Å². The summed E-state index contributed by atoms with van der Waals surface area (Å²) >= 11 is 0. The number of ether oxygens (including phenoxy) is 2. The standard InChI is InChI=1S/C18H28N2O4/c1-11(2)24-18(22)15-12(3)16(20-13(15)4)17(21)19-8-5-9-23-10-14-6-7-14/h11,14,20H,5-10H2,1-4H3,(H,19,21). The average Bonchev–Trinajstić information content (AvgIpc) is 3.26. The molecule has 0 atom stereocenters. The lowest BCUT2D eigenvalue weighted by atomic mass is 10.1. The molecule has 1 aromatic heterocycles. The fourth-order valence-corrected chi connectivity index (χ4v) is 2.56. The molecule has 0 bridgehead atoms. The summed E-state index contributed by atoms with van der Waals surface area (Å²) in [5, 5.41) is 2.86. The van der Waals surface area contributed by atoms with E-state index in [2.05, 4.69) is 10.3 Å². The average molecular weight is 336 g/mol. The van der Waals surface area contributed by atoms with Crippen LogP contribution in [-0.2, 0) is 9.47 Å². The molecule has 0 spiro atoms. The molecular formula is C18H28N2O4. The van der Waals surface area contributed by atoms with Crippen molar-refractivity contribution in [1.29, 1.82) is 0 Å². The summed E-state index contributed by atoms with van der Waals surface area (Å²) in [4.78, 5) is 27.4. The van der Waals surface area contributed by atoms with Gasteiger partial charge in [-0.05, 0) is 58.4 Å². The zero-order valence-corrected chi connectivity index (χ0v) is 15.0. The van der Waals surface area contributed by atoms with Crippen molar-refractivity contribution >= 4 is 11.9 Å². The molecular weight excluding hydrogens is 308 g/mol. The molecule has 1 aliphatic rings. The van der Waals surface area contributed by atoms with Crippen LogP contribution in [0.5, 0.6) is 0 Å². The third kappa shape index (κ3) is 5.09. The van der Waals surface area contributed by atoms with Crippen LogP contribution >= 0.6 is 0 Å². The number of hydrogen-bond acceptors (Lipinski definition) is 4. The van der Waals surface area contributed by atoms with Crippen molar-refractivity contribution in [2.75, 3.05) is 19.8 Å². The van der Waals surface area contributed by atoms with Crippen LogP contribution in [0.25, 0.3) is 0 Å². The molecule has 0 saturated heterocycles. The number of aromatic nitrogens is 1. The molecule has 134 valence electrons. The highest BCUT2D eigenvalue weighted by Gasteiger charge is 2.23. The van der Waals surface area contributed by atoms with E-state index in [0.29, 0.717) is 35.7 Å². The Morgan fingerprint density at radius 2 is 2.00 bits per heavy atom. The number of aromatic amines is 1. The van der Waals surface area contributed by atoms with Crippen molar-refractivity contribution in [3.63, 3.8) is 0 Å². The lowest BCUT2D eigenvalue weighted by molar-refractivity contribution is 0.0376. The van der Waals surface area contributed by atoms with E-state index in [4.69, 9.17) is 9.47 Å². The Bertz CT molecular complexity index is 588. The molecule has 1 aromatic rings. The molecule has 2 N–H and O–H groups in total. The second-order valence-corrected chi connectivity index (χ2v) is 6.71. The van der Waals surface area contributed by atoms with Gasteiger partial charge >= 0.3 is 5.97 Å². The molecule has 0 aromatic carbocycles. The first-order valence-electron chi connectivity index (χ1n) is 8.66. The first-order valence-corrected chi connectivity index (χ1v) is 8.66. The van der Waals surface area contributed by atoms with E-state index in [0.717, 1.165) is 18.9 Å². The molecule has 0 radical (unpaired) electrons. The van der Waals surface area contributed by atoms with Gasteiger partial charge in [0, 0.05) is 25.5 Å². The predicted octanol–water partition coefficient (Wildman–Crippen LogP) is 2.74. The number of carbonyl (C=O) groups is 2. The van der Waals surface area contributed by atoms with E-state index < -0.39 is 5.97 Å². The van der Waals surface area contributed by atoms with Crippen LogP contribution in [0.4, 0.5) is 0 Å². The summed E-state index contributed by atoms with van der Waals surface area (Å²) in [6, 6.07) is 0. The quantitative estimate of drug-likeness (QED) is 0.537. The van der Waals surface area contributed by atoms with Gasteiger partial charge in [0.1, 0.15) is 5.69 Å². The van der Waals surface area contributed by atoms with Crippen molar-refractivity contribution < 1.29 is 19.1 Å². The summed E-state index contributed by atoms with van der Waals surface area (Å²) in [6.45, 7) is 9.17. The van der Waals surface area contributed by atoms with Gasteiger partial charge < -0.3 is 19.8 Å². The second kappa shape index (κ2) is 8.33. The first-order chi connectivity index (χ1) is 11.4. The van der Waals surface area contributed by atoms with E-state index in [-0.39, 0.29) is 12.0 Å². The Balaban J connectivity index is 1.83. The highest BCUT2D eigenvalue weighted by Crippen LogP contribution is 2.28. The van der Waals surface area contributed by atoms with Crippen molar-refractivity contribution in [2.24, 2.45) is 5.92 Å². The maximum absolute atomic E-state index is 12.3. The second-order valence-electron chi connectivity index (χ2n) is 6.71. The molecule has 1 aliphatic carbocycles. The zero-order valence-electron chi connectivity index (χ0n) is 15.0. The summed E-state index contributed by atoms with van der Waals surface area (Å²) in [7, 11) is 0.